The molecule has 3 aliphatic carbocycles. The third-order valence-electron chi connectivity index (χ3n) is 6.79. The number of hydrogen-bond donors (Lipinski definition) is 1. The molecule has 2 aromatic carbocycles. The molecule has 182 valence electrons. The lowest BCUT2D eigenvalue weighted by Gasteiger charge is -2.50. The van der Waals surface area contributed by atoms with Gasteiger partial charge in [-0.25, -0.2) is 8.78 Å². The summed E-state index contributed by atoms with van der Waals surface area (Å²) in [5.74, 6) is -1.16. The monoisotopic (exact) mass is 521 g/mol. The number of ether oxygens (including phenoxy) is 1. The molecular formula is C24H19Cl2F2N3O4. The van der Waals surface area contributed by atoms with Gasteiger partial charge in [-0.15, -0.1) is 0 Å². The normalized spacial score (nSPS) is 23.4. The van der Waals surface area contributed by atoms with Crippen molar-refractivity contribution in [3.8, 4) is 17.1 Å². The van der Waals surface area contributed by atoms with Crippen LogP contribution < -0.4 is 10.1 Å². The number of rotatable bonds is 6. The Balaban J connectivity index is 1.25. The highest BCUT2D eigenvalue weighted by molar-refractivity contribution is 6.31. The first-order chi connectivity index (χ1) is 16.7. The minimum atomic E-state index is -0.990. The topological polar surface area (TPSA) is 94.3 Å². The predicted molar refractivity (Wildman–Crippen MR) is 122 cm³/mol. The third kappa shape index (κ3) is 4.38. The molecule has 0 spiro atoms. The summed E-state index contributed by atoms with van der Waals surface area (Å²) in [6, 6.07) is 8.10. The molecule has 6 rings (SSSR count). The van der Waals surface area contributed by atoms with Crippen molar-refractivity contribution in [3.63, 3.8) is 0 Å². The molecule has 0 unspecified atom stereocenters. The van der Waals surface area contributed by atoms with Gasteiger partial charge in [0.15, 0.2) is 12.4 Å². The lowest BCUT2D eigenvalue weighted by Crippen LogP contribution is -2.64. The molecule has 0 saturated heterocycles. The van der Waals surface area contributed by atoms with Crippen LogP contribution in [0, 0.1) is 11.6 Å². The Morgan fingerprint density at radius 1 is 1.06 bits per heavy atom. The number of fused-ring (bicyclic) bond motifs is 3. The number of carbonyl (C=O) groups excluding carboxylic acids is 2. The number of ketones is 1. The van der Waals surface area contributed by atoms with E-state index in [1.165, 1.54) is 24.3 Å². The number of hydrogen-bond acceptors (Lipinski definition) is 6. The van der Waals surface area contributed by atoms with Crippen molar-refractivity contribution >= 4 is 34.9 Å². The zero-order valence-corrected chi connectivity index (χ0v) is 19.8. The number of halogens is 4. The van der Waals surface area contributed by atoms with Gasteiger partial charge in [0.05, 0.1) is 21.0 Å². The molecule has 1 N–H and O–H groups in total. The molecule has 1 amide bonds. The van der Waals surface area contributed by atoms with Crippen LogP contribution in [0.25, 0.3) is 11.4 Å². The fourth-order valence-corrected chi connectivity index (χ4v) is 5.02. The molecule has 35 heavy (non-hydrogen) atoms. The van der Waals surface area contributed by atoms with E-state index < -0.39 is 28.5 Å². The number of benzene rings is 2. The van der Waals surface area contributed by atoms with Crippen LogP contribution in [0.2, 0.25) is 10.0 Å². The molecule has 2 bridgehead atoms. The van der Waals surface area contributed by atoms with E-state index in [2.05, 4.69) is 15.5 Å². The summed E-state index contributed by atoms with van der Waals surface area (Å²) >= 11 is 11.4. The molecule has 0 aliphatic heterocycles. The SMILES string of the molecule is O=C(COc1ccc(Cl)c(F)c1)NC12CCC(c3nc(-c4ccc(Cl)c(F)c4)no3)(CC1)CC2=O. The van der Waals surface area contributed by atoms with E-state index in [0.29, 0.717) is 37.1 Å². The van der Waals surface area contributed by atoms with Gasteiger partial charge in [0.1, 0.15) is 17.4 Å². The maximum Gasteiger partial charge on any atom is 0.258 e. The molecule has 3 aromatic rings. The lowest BCUT2D eigenvalue weighted by atomic mass is 9.56. The van der Waals surface area contributed by atoms with Gasteiger partial charge in [0, 0.05) is 18.1 Å². The van der Waals surface area contributed by atoms with Crippen LogP contribution in [-0.2, 0) is 15.0 Å². The standard InChI is InChI=1S/C24H19Cl2F2N3O4/c25-15-3-1-13(9-17(15)27)21-29-22(35-31-21)23-5-7-24(8-6-23,19(32)11-23)30-20(33)12-34-14-2-4-16(26)18(28)10-14/h1-4,9-10H,5-8,11-12H2,(H,30,33). The van der Waals surface area contributed by atoms with E-state index in [0.717, 1.165) is 6.07 Å². The smallest absolute Gasteiger partial charge is 0.258 e. The highest BCUT2D eigenvalue weighted by Gasteiger charge is 2.57. The van der Waals surface area contributed by atoms with Gasteiger partial charge >= 0.3 is 0 Å². The number of Topliss-reactive ketones (excluding diaryl/α,β-unsaturated/α-hetero) is 1. The number of carbonyl (C=O) groups is 2. The van der Waals surface area contributed by atoms with Crippen LogP contribution in [0.3, 0.4) is 0 Å². The quantitative estimate of drug-likeness (QED) is 0.488. The van der Waals surface area contributed by atoms with E-state index in [1.807, 2.05) is 0 Å². The minimum Gasteiger partial charge on any atom is -0.484 e. The summed E-state index contributed by atoms with van der Waals surface area (Å²) in [7, 11) is 0. The van der Waals surface area contributed by atoms with Crippen LogP contribution in [0.5, 0.6) is 5.75 Å². The molecule has 0 atom stereocenters. The van der Waals surface area contributed by atoms with Crippen molar-refractivity contribution in [2.24, 2.45) is 0 Å². The summed E-state index contributed by atoms with van der Waals surface area (Å²) in [5, 5.41) is 6.74. The first-order valence-electron chi connectivity index (χ1n) is 10.9. The Kier molecular flexibility index (Phi) is 6.01. The maximum atomic E-state index is 13.8. The molecule has 11 heteroatoms. The molecule has 7 nitrogen and oxygen atoms in total. The van der Waals surface area contributed by atoms with Crippen LogP contribution in [0.1, 0.15) is 38.0 Å². The van der Waals surface area contributed by atoms with Crippen LogP contribution in [0.4, 0.5) is 8.78 Å². The van der Waals surface area contributed by atoms with Crippen molar-refractivity contribution < 1.29 is 27.6 Å². The second kappa shape index (κ2) is 8.87. The number of nitrogens with zero attached hydrogens (tertiary/aromatic N) is 2. The predicted octanol–water partition coefficient (Wildman–Crippen LogP) is 5.04. The molecule has 3 saturated carbocycles. The molecule has 1 aromatic heterocycles. The highest BCUT2D eigenvalue weighted by Crippen LogP contribution is 2.51. The summed E-state index contributed by atoms with van der Waals surface area (Å²) in [6.45, 7) is -0.369. The average Bonchev–Trinajstić information content (AvgIpc) is 3.34. The Morgan fingerprint density at radius 2 is 1.74 bits per heavy atom. The second-order valence-electron chi connectivity index (χ2n) is 8.93. The van der Waals surface area contributed by atoms with Crippen molar-refractivity contribution in [2.45, 2.75) is 43.1 Å². The van der Waals surface area contributed by atoms with Crippen LogP contribution in [-0.4, -0.2) is 34.0 Å². The van der Waals surface area contributed by atoms with Gasteiger partial charge in [-0.1, -0.05) is 28.4 Å². The number of aromatic nitrogens is 2. The molecule has 3 aliphatic rings. The van der Waals surface area contributed by atoms with Gasteiger partial charge < -0.3 is 14.6 Å². The molecule has 1 heterocycles. The second-order valence-corrected chi connectivity index (χ2v) is 9.74. The summed E-state index contributed by atoms with van der Waals surface area (Å²) in [5.41, 5.74) is -1.20. The van der Waals surface area contributed by atoms with Crippen molar-refractivity contribution in [1.29, 1.82) is 0 Å². The lowest BCUT2D eigenvalue weighted by molar-refractivity contribution is -0.141. The average molecular weight is 522 g/mol. The maximum absolute atomic E-state index is 13.8. The van der Waals surface area contributed by atoms with Crippen molar-refractivity contribution in [2.75, 3.05) is 6.61 Å². The van der Waals surface area contributed by atoms with E-state index in [4.69, 9.17) is 32.5 Å². The van der Waals surface area contributed by atoms with E-state index >= 15 is 0 Å². The first-order valence-corrected chi connectivity index (χ1v) is 11.7. The first kappa shape index (κ1) is 23.7. The largest absolute Gasteiger partial charge is 0.484 e. The summed E-state index contributed by atoms with van der Waals surface area (Å²) < 4.78 is 38.2. The summed E-state index contributed by atoms with van der Waals surface area (Å²) in [4.78, 5) is 30.1. The fraction of sp³-hybridized carbons (Fsp3) is 0.333. The summed E-state index contributed by atoms with van der Waals surface area (Å²) in [6.07, 6.45) is 2.05. The molecular weight excluding hydrogens is 503 g/mol. The third-order valence-corrected chi connectivity index (χ3v) is 7.40. The zero-order chi connectivity index (χ0) is 24.8. The van der Waals surface area contributed by atoms with E-state index in [-0.39, 0.29) is 40.4 Å². The van der Waals surface area contributed by atoms with Crippen LogP contribution >= 0.6 is 23.2 Å². The van der Waals surface area contributed by atoms with Gasteiger partial charge in [-0.2, -0.15) is 4.98 Å². The van der Waals surface area contributed by atoms with Crippen molar-refractivity contribution in [1.82, 2.24) is 15.5 Å². The minimum absolute atomic E-state index is 0.00895. The Hall–Kier alpha value is -3.04. The highest BCUT2D eigenvalue weighted by atomic mass is 35.5. The van der Waals surface area contributed by atoms with E-state index in [1.54, 1.807) is 6.07 Å². The Morgan fingerprint density at radius 3 is 2.40 bits per heavy atom. The number of nitrogens with one attached hydrogen (secondary N) is 1. The fourth-order valence-electron chi connectivity index (χ4n) is 4.78. The Bertz CT molecular complexity index is 1320. The van der Waals surface area contributed by atoms with Gasteiger partial charge in [0.25, 0.3) is 5.91 Å². The van der Waals surface area contributed by atoms with Gasteiger partial charge in [0.2, 0.25) is 11.7 Å². The van der Waals surface area contributed by atoms with E-state index in [9.17, 15) is 18.4 Å². The molecule has 3 fully saturated rings. The van der Waals surface area contributed by atoms with Crippen molar-refractivity contribution in [3.05, 3.63) is 64.0 Å². The molecule has 0 radical (unpaired) electrons. The van der Waals surface area contributed by atoms with Gasteiger partial charge in [-0.05, 0) is 56.0 Å². The van der Waals surface area contributed by atoms with Crippen LogP contribution in [0.15, 0.2) is 40.9 Å². The van der Waals surface area contributed by atoms with Gasteiger partial charge in [-0.3, -0.25) is 9.59 Å². The number of amides is 1. The Labute approximate surface area is 208 Å². The zero-order valence-electron chi connectivity index (χ0n) is 18.2.